The van der Waals surface area contributed by atoms with Gasteiger partial charge < -0.3 is 10.0 Å². The molecule has 0 bridgehead atoms. The molecule has 0 aromatic carbocycles. The van der Waals surface area contributed by atoms with Crippen LogP contribution in [0.5, 0.6) is 0 Å². The molecule has 1 aromatic rings. The minimum atomic E-state index is -1.20. The van der Waals surface area contributed by atoms with Crippen molar-refractivity contribution in [3.05, 3.63) is 28.2 Å². The fourth-order valence-electron chi connectivity index (χ4n) is 2.37. The molecule has 1 N–H and O–H groups in total. The van der Waals surface area contributed by atoms with Gasteiger partial charge in [0.25, 0.3) is 5.56 Å². The zero-order valence-corrected chi connectivity index (χ0v) is 10.4. The summed E-state index contributed by atoms with van der Waals surface area (Å²) in [7, 11) is 0. The Balaban J connectivity index is 2.31. The summed E-state index contributed by atoms with van der Waals surface area (Å²) < 4.78 is 1.32. The molecular formula is C12H17N3O3. The zero-order valence-electron chi connectivity index (χ0n) is 10.4. The number of hydrogen-bond donors (Lipinski definition) is 1. The summed E-state index contributed by atoms with van der Waals surface area (Å²) in [6.07, 6.45) is 3.26. The van der Waals surface area contributed by atoms with E-state index >= 15 is 0 Å². The first kappa shape index (κ1) is 12.8. The average molecular weight is 251 g/mol. The summed E-state index contributed by atoms with van der Waals surface area (Å²) in [6, 6.07) is 1.23. The molecule has 1 saturated heterocycles. The molecule has 18 heavy (non-hydrogen) atoms. The summed E-state index contributed by atoms with van der Waals surface area (Å²) in [5.41, 5.74) is -0.716. The van der Waals surface area contributed by atoms with Gasteiger partial charge in [-0.15, -0.1) is 0 Å². The van der Waals surface area contributed by atoms with Gasteiger partial charge in [0.2, 0.25) is 0 Å². The molecule has 1 aliphatic rings. The van der Waals surface area contributed by atoms with Crippen LogP contribution in [0.2, 0.25) is 0 Å². The van der Waals surface area contributed by atoms with Gasteiger partial charge in [-0.25, -0.2) is 9.48 Å². The van der Waals surface area contributed by atoms with E-state index in [1.54, 1.807) is 0 Å². The van der Waals surface area contributed by atoms with Crippen LogP contribution in [-0.2, 0) is 0 Å². The average Bonchev–Trinajstić information content (AvgIpc) is 2.38. The van der Waals surface area contributed by atoms with Crippen molar-refractivity contribution in [1.29, 1.82) is 0 Å². The van der Waals surface area contributed by atoms with Crippen LogP contribution in [0.3, 0.4) is 0 Å². The fraction of sp³-hybridized carbons (Fsp3) is 0.583. The molecule has 1 atom stereocenters. The highest BCUT2D eigenvalue weighted by Gasteiger charge is 2.23. The first-order valence-electron chi connectivity index (χ1n) is 6.17. The van der Waals surface area contributed by atoms with E-state index in [4.69, 9.17) is 5.11 Å². The summed E-state index contributed by atoms with van der Waals surface area (Å²) in [5, 5.41) is 13.0. The fourth-order valence-corrected chi connectivity index (χ4v) is 2.37. The van der Waals surface area contributed by atoms with Crippen molar-refractivity contribution in [3.63, 3.8) is 0 Å². The number of likely N-dealkylation sites (tertiary alicyclic amines) is 1. The smallest absolute Gasteiger partial charge is 0.341 e. The van der Waals surface area contributed by atoms with Crippen LogP contribution in [0.1, 0.15) is 36.2 Å². The van der Waals surface area contributed by atoms with Crippen LogP contribution < -0.4 is 5.56 Å². The van der Waals surface area contributed by atoms with E-state index in [-0.39, 0.29) is 11.6 Å². The van der Waals surface area contributed by atoms with E-state index in [0.717, 1.165) is 32.5 Å². The predicted molar refractivity (Wildman–Crippen MR) is 65.8 cm³/mol. The van der Waals surface area contributed by atoms with Crippen molar-refractivity contribution in [2.24, 2.45) is 0 Å². The lowest BCUT2D eigenvalue weighted by atomic mass is 10.1. The maximum Gasteiger partial charge on any atom is 0.341 e. The number of aromatic carboxylic acids is 1. The van der Waals surface area contributed by atoms with Gasteiger partial charge in [0, 0.05) is 12.7 Å². The van der Waals surface area contributed by atoms with Crippen LogP contribution >= 0.6 is 0 Å². The van der Waals surface area contributed by atoms with Gasteiger partial charge in [0.15, 0.2) is 0 Å². The van der Waals surface area contributed by atoms with Gasteiger partial charge >= 0.3 is 5.97 Å². The monoisotopic (exact) mass is 251 g/mol. The van der Waals surface area contributed by atoms with E-state index in [2.05, 4.69) is 16.9 Å². The molecule has 1 aliphatic heterocycles. The van der Waals surface area contributed by atoms with Crippen LogP contribution in [0.25, 0.3) is 0 Å². The zero-order chi connectivity index (χ0) is 13.1. The second-order valence-corrected chi connectivity index (χ2v) is 4.49. The SMILES string of the molecule is CCN1CCCC(n2nccc(C(=O)O)c2=O)C1. The molecular weight excluding hydrogens is 234 g/mol. The maximum absolute atomic E-state index is 12.0. The van der Waals surface area contributed by atoms with Gasteiger partial charge in [-0.2, -0.15) is 5.10 Å². The second kappa shape index (κ2) is 5.30. The second-order valence-electron chi connectivity index (χ2n) is 4.49. The van der Waals surface area contributed by atoms with Crippen molar-refractivity contribution in [2.45, 2.75) is 25.8 Å². The number of carboxylic acid groups (broad SMARTS) is 1. The molecule has 0 radical (unpaired) electrons. The van der Waals surface area contributed by atoms with Crippen LogP contribution in [0, 0.1) is 0 Å². The summed E-state index contributed by atoms with van der Waals surface area (Å²) in [5.74, 6) is -1.20. The van der Waals surface area contributed by atoms with E-state index in [9.17, 15) is 9.59 Å². The minimum Gasteiger partial charge on any atom is -0.477 e. The lowest BCUT2D eigenvalue weighted by Gasteiger charge is -2.32. The lowest BCUT2D eigenvalue weighted by molar-refractivity contribution is 0.0692. The van der Waals surface area contributed by atoms with Crippen molar-refractivity contribution < 1.29 is 9.90 Å². The Morgan fingerprint density at radius 2 is 2.39 bits per heavy atom. The van der Waals surface area contributed by atoms with Crippen LogP contribution in [0.4, 0.5) is 0 Å². The van der Waals surface area contributed by atoms with Crippen molar-refractivity contribution in [3.8, 4) is 0 Å². The van der Waals surface area contributed by atoms with E-state index in [1.165, 1.54) is 16.9 Å². The number of carboxylic acids is 1. The lowest BCUT2D eigenvalue weighted by Crippen LogP contribution is -2.41. The summed E-state index contributed by atoms with van der Waals surface area (Å²) in [4.78, 5) is 25.2. The van der Waals surface area contributed by atoms with Crippen molar-refractivity contribution in [1.82, 2.24) is 14.7 Å². The highest BCUT2D eigenvalue weighted by Crippen LogP contribution is 2.18. The van der Waals surface area contributed by atoms with Crippen molar-refractivity contribution in [2.75, 3.05) is 19.6 Å². The molecule has 2 rings (SSSR count). The minimum absolute atomic E-state index is 0.0227. The molecule has 0 aliphatic carbocycles. The number of nitrogens with zero attached hydrogens (tertiary/aromatic N) is 3. The van der Waals surface area contributed by atoms with Crippen LogP contribution in [-0.4, -0.2) is 45.4 Å². The highest BCUT2D eigenvalue weighted by atomic mass is 16.4. The van der Waals surface area contributed by atoms with E-state index in [0.29, 0.717) is 0 Å². The molecule has 6 heteroatoms. The van der Waals surface area contributed by atoms with E-state index in [1.807, 2.05) is 0 Å². The molecule has 0 amide bonds. The molecule has 0 saturated carbocycles. The predicted octanol–water partition coefficient (Wildman–Crippen LogP) is 0.598. The van der Waals surface area contributed by atoms with Gasteiger partial charge in [0.05, 0.1) is 6.04 Å². The molecule has 1 aromatic heterocycles. The molecule has 1 fully saturated rings. The number of rotatable bonds is 3. The summed E-state index contributed by atoms with van der Waals surface area (Å²) >= 11 is 0. The van der Waals surface area contributed by atoms with Gasteiger partial charge in [-0.3, -0.25) is 4.79 Å². The number of piperidine rings is 1. The van der Waals surface area contributed by atoms with Gasteiger partial charge in [-0.1, -0.05) is 6.92 Å². The normalized spacial score (nSPS) is 20.8. The Morgan fingerprint density at radius 3 is 3.06 bits per heavy atom. The topological polar surface area (TPSA) is 75.4 Å². The van der Waals surface area contributed by atoms with Crippen LogP contribution in [0.15, 0.2) is 17.1 Å². The Labute approximate surface area is 105 Å². The first-order valence-corrected chi connectivity index (χ1v) is 6.17. The standard InChI is InChI=1S/C12H17N3O3/c1-2-14-7-3-4-9(8-14)15-11(16)10(12(17)18)5-6-13-15/h5-6,9H,2-4,7-8H2,1H3,(H,17,18). The maximum atomic E-state index is 12.0. The number of carbonyl (C=O) groups is 1. The third-order valence-corrected chi connectivity index (χ3v) is 3.37. The Bertz CT molecular complexity index is 498. The third-order valence-electron chi connectivity index (χ3n) is 3.37. The number of likely N-dealkylation sites (N-methyl/N-ethyl adjacent to an activating group) is 1. The molecule has 2 heterocycles. The Kier molecular flexibility index (Phi) is 3.76. The number of hydrogen-bond acceptors (Lipinski definition) is 4. The molecule has 0 spiro atoms. The van der Waals surface area contributed by atoms with Crippen molar-refractivity contribution >= 4 is 5.97 Å². The Morgan fingerprint density at radius 1 is 1.61 bits per heavy atom. The Hall–Kier alpha value is -1.69. The molecule has 98 valence electrons. The molecule has 6 nitrogen and oxygen atoms in total. The van der Waals surface area contributed by atoms with E-state index < -0.39 is 11.5 Å². The first-order chi connectivity index (χ1) is 8.63. The molecule has 1 unspecified atom stereocenters. The summed E-state index contributed by atoms with van der Waals surface area (Å²) in [6.45, 7) is 4.79. The highest BCUT2D eigenvalue weighted by molar-refractivity contribution is 5.86. The number of aromatic nitrogens is 2. The van der Waals surface area contributed by atoms with Gasteiger partial charge in [0.1, 0.15) is 5.56 Å². The van der Waals surface area contributed by atoms with Gasteiger partial charge in [-0.05, 0) is 32.0 Å². The largest absolute Gasteiger partial charge is 0.477 e. The third kappa shape index (κ3) is 2.43. The quantitative estimate of drug-likeness (QED) is 0.851.